The van der Waals surface area contributed by atoms with Crippen LogP contribution in [0.5, 0.6) is 5.88 Å². The lowest BCUT2D eigenvalue weighted by molar-refractivity contribution is 0.433. The van der Waals surface area contributed by atoms with Gasteiger partial charge in [-0.25, -0.2) is 9.36 Å². The third kappa shape index (κ3) is 2.23. The van der Waals surface area contributed by atoms with E-state index in [0.29, 0.717) is 11.3 Å². The number of aromatic hydroxyl groups is 1. The van der Waals surface area contributed by atoms with Crippen LogP contribution < -0.4 is 11.2 Å². The van der Waals surface area contributed by atoms with Crippen LogP contribution in [0.1, 0.15) is 0 Å². The molecule has 0 fully saturated rings. The van der Waals surface area contributed by atoms with Crippen molar-refractivity contribution in [1.82, 2.24) is 14.5 Å². The molecule has 0 amide bonds. The van der Waals surface area contributed by atoms with E-state index in [1.54, 1.807) is 48.7 Å². The molecular formula is C15H11N3O3. The van der Waals surface area contributed by atoms with Gasteiger partial charge in [0.05, 0.1) is 11.9 Å². The summed E-state index contributed by atoms with van der Waals surface area (Å²) in [6.45, 7) is 0. The van der Waals surface area contributed by atoms with Crippen LogP contribution in [0.3, 0.4) is 0 Å². The topological polar surface area (TPSA) is 88.0 Å². The molecule has 6 nitrogen and oxygen atoms in total. The summed E-state index contributed by atoms with van der Waals surface area (Å²) in [6.07, 6.45) is 2.98. The van der Waals surface area contributed by atoms with E-state index in [1.807, 2.05) is 0 Å². The van der Waals surface area contributed by atoms with Gasteiger partial charge in [0.1, 0.15) is 5.56 Å². The molecule has 0 radical (unpaired) electrons. The Balaban J connectivity index is 2.34. The van der Waals surface area contributed by atoms with Crippen LogP contribution in [0.15, 0.2) is 64.4 Å². The molecule has 0 atom stereocenters. The van der Waals surface area contributed by atoms with Gasteiger partial charge in [-0.2, -0.15) is 0 Å². The van der Waals surface area contributed by atoms with Crippen LogP contribution in [0.4, 0.5) is 0 Å². The smallest absolute Gasteiger partial charge is 0.335 e. The quantitative estimate of drug-likeness (QED) is 0.741. The lowest BCUT2D eigenvalue weighted by Gasteiger charge is -2.10. The van der Waals surface area contributed by atoms with E-state index in [1.165, 1.54) is 6.20 Å². The molecule has 0 aliphatic heterocycles. The van der Waals surface area contributed by atoms with E-state index in [2.05, 4.69) is 9.97 Å². The highest BCUT2D eigenvalue weighted by molar-refractivity contribution is 5.68. The molecule has 0 bridgehead atoms. The van der Waals surface area contributed by atoms with E-state index >= 15 is 0 Å². The van der Waals surface area contributed by atoms with Crippen molar-refractivity contribution in [2.24, 2.45) is 0 Å². The van der Waals surface area contributed by atoms with Crippen LogP contribution in [-0.2, 0) is 0 Å². The van der Waals surface area contributed by atoms with Gasteiger partial charge in [0.25, 0.3) is 5.56 Å². The number of hydrogen-bond acceptors (Lipinski definition) is 4. The number of hydrogen-bond donors (Lipinski definition) is 2. The Kier molecular flexibility index (Phi) is 3.12. The number of H-pyrrole nitrogens is 1. The Morgan fingerprint density at radius 3 is 2.48 bits per heavy atom. The molecular weight excluding hydrogens is 270 g/mol. The summed E-state index contributed by atoms with van der Waals surface area (Å²) in [6, 6.07) is 11.9. The highest BCUT2D eigenvalue weighted by atomic mass is 16.3. The van der Waals surface area contributed by atoms with Crippen LogP contribution in [0.25, 0.3) is 16.8 Å². The van der Waals surface area contributed by atoms with E-state index < -0.39 is 17.1 Å². The maximum Gasteiger partial charge on any atom is 0.335 e. The summed E-state index contributed by atoms with van der Waals surface area (Å²) >= 11 is 0. The molecule has 0 aliphatic carbocycles. The number of nitrogens with zero attached hydrogens (tertiary/aromatic N) is 2. The number of pyridine rings is 1. The van der Waals surface area contributed by atoms with Gasteiger partial charge in [-0.1, -0.05) is 30.3 Å². The Labute approximate surface area is 119 Å². The average molecular weight is 281 g/mol. The van der Waals surface area contributed by atoms with Gasteiger partial charge in [-0.15, -0.1) is 0 Å². The van der Waals surface area contributed by atoms with Gasteiger partial charge in [0.15, 0.2) is 0 Å². The Morgan fingerprint density at radius 2 is 1.81 bits per heavy atom. The SMILES string of the molecule is O=c1[nH]c(=O)n(-c2cccnc2)c(O)c1-c1ccccc1. The number of benzene rings is 1. The van der Waals surface area contributed by atoms with Gasteiger partial charge in [-0.05, 0) is 17.7 Å². The van der Waals surface area contributed by atoms with Crippen molar-refractivity contribution in [2.75, 3.05) is 0 Å². The molecule has 3 aromatic rings. The normalized spacial score (nSPS) is 10.5. The van der Waals surface area contributed by atoms with Crippen LogP contribution in [0.2, 0.25) is 0 Å². The van der Waals surface area contributed by atoms with Gasteiger partial charge in [-0.3, -0.25) is 14.8 Å². The highest BCUT2D eigenvalue weighted by Crippen LogP contribution is 2.25. The zero-order valence-corrected chi connectivity index (χ0v) is 10.9. The Hall–Kier alpha value is -3.15. The molecule has 0 unspecified atom stereocenters. The molecule has 104 valence electrons. The van der Waals surface area contributed by atoms with Gasteiger partial charge in [0, 0.05) is 6.20 Å². The van der Waals surface area contributed by atoms with Crippen LogP contribution in [0, 0.1) is 0 Å². The molecule has 2 N–H and O–H groups in total. The molecule has 0 saturated heterocycles. The minimum atomic E-state index is -0.717. The summed E-state index contributed by atoms with van der Waals surface area (Å²) in [5.41, 5.74) is -0.421. The fourth-order valence-corrected chi connectivity index (χ4v) is 2.12. The predicted octanol–water partition coefficient (Wildman–Crippen LogP) is 1.29. The number of aromatic amines is 1. The first-order valence-corrected chi connectivity index (χ1v) is 6.22. The second-order valence-corrected chi connectivity index (χ2v) is 4.37. The van der Waals surface area contributed by atoms with Gasteiger partial charge < -0.3 is 5.11 Å². The van der Waals surface area contributed by atoms with Gasteiger partial charge >= 0.3 is 5.69 Å². The molecule has 1 aromatic carbocycles. The summed E-state index contributed by atoms with van der Waals surface area (Å²) in [7, 11) is 0. The first-order valence-electron chi connectivity index (χ1n) is 6.22. The summed E-state index contributed by atoms with van der Waals surface area (Å²) < 4.78 is 1.01. The second-order valence-electron chi connectivity index (χ2n) is 4.37. The van der Waals surface area contributed by atoms with Crippen molar-refractivity contribution < 1.29 is 5.11 Å². The monoisotopic (exact) mass is 281 g/mol. The third-order valence-corrected chi connectivity index (χ3v) is 3.05. The van der Waals surface area contributed by atoms with Crippen molar-refractivity contribution in [3.05, 3.63) is 75.7 Å². The maximum absolute atomic E-state index is 12.0. The zero-order chi connectivity index (χ0) is 14.8. The van der Waals surface area contributed by atoms with E-state index in [-0.39, 0.29) is 5.56 Å². The lowest BCUT2D eigenvalue weighted by Crippen LogP contribution is -2.30. The maximum atomic E-state index is 12.0. The highest BCUT2D eigenvalue weighted by Gasteiger charge is 2.16. The Morgan fingerprint density at radius 1 is 1.05 bits per heavy atom. The summed E-state index contributed by atoms with van der Waals surface area (Å²) in [5, 5.41) is 10.4. The molecule has 0 aliphatic rings. The average Bonchev–Trinajstić information content (AvgIpc) is 2.49. The fourth-order valence-electron chi connectivity index (χ4n) is 2.12. The molecule has 3 rings (SSSR count). The van der Waals surface area contributed by atoms with Crippen LogP contribution in [-0.4, -0.2) is 19.6 Å². The largest absolute Gasteiger partial charge is 0.494 e. The van der Waals surface area contributed by atoms with E-state index in [9.17, 15) is 14.7 Å². The standard InChI is InChI=1S/C15H11N3O3/c19-13-12(10-5-2-1-3-6-10)14(20)18(15(21)17-13)11-7-4-8-16-9-11/h1-9,20H,(H,17,19,21). The van der Waals surface area contributed by atoms with Crippen molar-refractivity contribution in [3.8, 4) is 22.7 Å². The van der Waals surface area contributed by atoms with E-state index in [0.717, 1.165) is 4.57 Å². The first kappa shape index (κ1) is 12.9. The molecule has 0 spiro atoms. The van der Waals surface area contributed by atoms with Crippen molar-refractivity contribution in [3.63, 3.8) is 0 Å². The third-order valence-electron chi connectivity index (χ3n) is 3.05. The number of nitrogens with one attached hydrogen (secondary N) is 1. The minimum Gasteiger partial charge on any atom is -0.494 e. The van der Waals surface area contributed by atoms with Crippen LogP contribution >= 0.6 is 0 Å². The van der Waals surface area contributed by atoms with Gasteiger partial charge in [0.2, 0.25) is 5.88 Å². The minimum absolute atomic E-state index is 0.0408. The van der Waals surface area contributed by atoms with Crippen molar-refractivity contribution in [1.29, 1.82) is 0 Å². The summed E-state index contributed by atoms with van der Waals surface area (Å²) in [5.74, 6) is -0.414. The second kappa shape index (κ2) is 5.09. The molecule has 2 heterocycles. The molecule has 21 heavy (non-hydrogen) atoms. The number of aromatic nitrogens is 3. The molecule has 2 aromatic heterocycles. The zero-order valence-electron chi connectivity index (χ0n) is 10.9. The lowest BCUT2D eigenvalue weighted by atomic mass is 10.1. The first-order chi connectivity index (χ1) is 10.2. The predicted molar refractivity (Wildman–Crippen MR) is 77.6 cm³/mol. The molecule has 0 saturated carbocycles. The van der Waals surface area contributed by atoms with Crippen molar-refractivity contribution >= 4 is 0 Å². The van der Waals surface area contributed by atoms with Crippen molar-refractivity contribution in [2.45, 2.75) is 0 Å². The number of rotatable bonds is 2. The summed E-state index contributed by atoms with van der Waals surface area (Å²) in [4.78, 5) is 30.1. The Bertz CT molecular complexity index is 812. The molecule has 6 heteroatoms. The fraction of sp³-hybridized carbons (Fsp3) is 0. The van der Waals surface area contributed by atoms with E-state index in [4.69, 9.17) is 0 Å².